The second kappa shape index (κ2) is 13.1. The third-order valence-corrected chi connectivity index (χ3v) is 4.51. The number of unbranched alkanes of at least 4 members (excludes halogenated alkanes) is 9. The first-order valence-corrected chi connectivity index (χ1v) is 9.33. The summed E-state index contributed by atoms with van der Waals surface area (Å²) in [5.41, 5.74) is 0. The Morgan fingerprint density at radius 1 is 0.913 bits per heavy atom. The van der Waals surface area contributed by atoms with Crippen molar-refractivity contribution in [3.8, 4) is 0 Å². The first-order chi connectivity index (χ1) is 11.2. The van der Waals surface area contributed by atoms with E-state index < -0.39 is 24.6 Å². The number of aliphatic hydroxyl groups is 2. The molecule has 1 unspecified atom stereocenters. The number of hydrogen-bond donors (Lipinski definition) is 2. The van der Waals surface area contributed by atoms with E-state index in [4.69, 9.17) is 14.2 Å². The van der Waals surface area contributed by atoms with Gasteiger partial charge in [0.05, 0.1) is 6.61 Å². The zero-order valence-electron chi connectivity index (χ0n) is 14.9. The van der Waals surface area contributed by atoms with Gasteiger partial charge in [0.1, 0.15) is 18.3 Å². The monoisotopic (exact) mass is 332 g/mol. The Balaban J connectivity index is 1.98. The van der Waals surface area contributed by atoms with Gasteiger partial charge in [-0.05, 0) is 6.42 Å². The molecule has 0 aromatic heterocycles. The topological polar surface area (TPSA) is 68.2 Å². The lowest BCUT2D eigenvalue weighted by Gasteiger charge is -2.19. The molecule has 1 aliphatic heterocycles. The van der Waals surface area contributed by atoms with Crippen LogP contribution in [-0.4, -0.2) is 55.1 Å². The molecule has 0 saturated carbocycles. The van der Waals surface area contributed by atoms with Gasteiger partial charge in [-0.1, -0.05) is 64.7 Å². The Bertz CT molecular complexity index is 272. The molecule has 5 heteroatoms. The van der Waals surface area contributed by atoms with E-state index in [1.807, 2.05) is 0 Å². The summed E-state index contributed by atoms with van der Waals surface area (Å²) in [6, 6.07) is 0. The molecule has 0 spiro atoms. The van der Waals surface area contributed by atoms with Crippen LogP contribution in [0.2, 0.25) is 0 Å². The summed E-state index contributed by atoms with van der Waals surface area (Å²) in [6.07, 6.45) is 10.3. The van der Waals surface area contributed by atoms with E-state index in [9.17, 15) is 10.2 Å². The summed E-state index contributed by atoms with van der Waals surface area (Å²) < 4.78 is 16.1. The molecule has 1 saturated heterocycles. The van der Waals surface area contributed by atoms with Gasteiger partial charge in [-0.2, -0.15) is 0 Å². The van der Waals surface area contributed by atoms with Crippen molar-refractivity contribution in [3.05, 3.63) is 0 Å². The van der Waals surface area contributed by atoms with E-state index in [0.29, 0.717) is 6.61 Å². The lowest BCUT2D eigenvalue weighted by molar-refractivity contribution is -0.153. The van der Waals surface area contributed by atoms with Crippen molar-refractivity contribution < 1.29 is 24.4 Å². The van der Waals surface area contributed by atoms with E-state index in [0.717, 1.165) is 12.8 Å². The molecule has 4 atom stereocenters. The molecule has 5 nitrogen and oxygen atoms in total. The summed E-state index contributed by atoms with van der Waals surface area (Å²) in [5.74, 6) is 0. The summed E-state index contributed by atoms with van der Waals surface area (Å²) in [5, 5.41) is 19.3. The number of aliphatic hydroxyl groups excluding tert-OH is 2. The van der Waals surface area contributed by atoms with Crippen LogP contribution in [0.15, 0.2) is 0 Å². The fourth-order valence-corrected chi connectivity index (χ4v) is 3.06. The molecular formula is C18H36O5. The minimum Gasteiger partial charge on any atom is -0.394 e. The SMILES string of the molecule is CCCCCCCCCCCCO[C@H]1[C@@H](CO)OC(OC)[C@@H]1O. The van der Waals surface area contributed by atoms with Crippen molar-refractivity contribution in [2.24, 2.45) is 0 Å². The molecule has 0 bridgehead atoms. The normalized spacial score (nSPS) is 27.7. The molecule has 1 aliphatic rings. The smallest absolute Gasteiger partial charge is 0.186 e. The predicted molar refractivity (Wildman–Crippen MR) is 90.3 cm³/mol. The molecule has 0 aromatic carbocycles. The van der Waals surface area contributed by atoms with Crippen LogP contribution in [0.1, 0.15) is 71.1 Å². The van der Waals surface area contributed by atoms with Gasteiger partial charge in [0.2, 0.25) is 0 Å². The fourth-order valence-electron chi connectivity index (χ4n) is 3.06. The molecule has 23 heavy (non-hydrogen) atoms. The van der Waals surface area contributed by atoms with Gasteiger partial charge in [-0.3, -0.25) is 0 Å². The Kier molecular flexibility index (Phi) is 11.9. The summed E-state index contributed by atoms with van der Waals surface area (Å²) in [7, 11) is 1.48. The van der Waals surface area contributed by atoms with E-state index in [2.05, 4.69) is 6.92 Å². The van der Waals surface area contributed by atoms with Gasteiger partial charge in [-0.15, -0.1) is 0 Å². The van der Waals surface area contributed by atoms with Crippen LogP contribution in [0, 0.1) is 0 Å². The van der Waals surface area contributed by atoms with E-state index in [1.54, 1.807) is 0 Å². The van der Waals surface area contributed by atoms with Gasteiger partial charge in [0.15, 0.2) is 6.29 Å². The largest absolute Gasteiger partial charge is 0.394 e. The molecule has 0 radical (unpaired) electrons. The molecule has 138 valence electrons. The van der Waals surface area contributed by atoms with Crippen LogP contribution >= 0.6 is 0 Å². The summed E-state index contributed by atoms with van der Waals surface area (Å²) in [4.78, 5) is 0. The van der Waals surface area contributed by atoms with Crippen LogP contribution in [0.5, 0.6) is 0 Å². The molecule has 1 heterocycles. The maximum atomic E-state index is 10.0. The Morgan fingerprint density at radius 2 is 1.48 bits per heavy atom. The van der Waals surface area contributed by atoms with Crippen LogP contribution < -0.4 is 0 Å². The van der Waals surface area contributed by atoms with E-state index >= 15 is 0 Å². The second-order valence-corrected chi connectivity index (χ2v) is 6.47. The molecule has 0 amide bonds. The van der Waals surface area contributed by atoms with Crippen molar-refractivity contribution in [1.29, 1.82) is 0 Å². The van der Waals surface area contributed by atoms with Crippen molar-refractivity contribution >= 4 is 0 Å². The Morgan fingerprint density at radius 3 is 2.00 bits per heavy atom. The lowest BCUT2D eigenvalue weighted by Crippen LogP contribution is -2.37. The third-order valence-electron chi connectivity index (χ3n) is 4.51. The highest BCUT2D eigenvalue weighted by molar-refractivity contribution is 4.87. The summed E-state index contributed by atoms with van der Waals surface area (Å²) >= 11 is 0. The van der Waals surface area contributed by atoms with Gasteiger partial charge < -0.3 is 24.4 Å². The van der Waals surface area contributed by atoms with Crippen molar-refractivity contribution in [2.75, 3.05) is 20.3 Å². The molecule has 2 N–H and O–H groups in total. The average molecular weight is 332 g/mol. The minimum atomic E-state index is -0.833. The molecule has 0 aromatic rings. The van der Waals surface area contributed by atoms with Gasteiger partial charge in [0, 0.05) is 13.7 Å². The standard InChI is InChI=1S/C18H36O5/c1-3-4-5-6-7-8-9-10-11-12-13-22-17-15(14-19)23-18(21-2)16(17)20/h15-20H,3-14H2,1-2H3/t15-,16-,17+,18?/m1/s1. The number of methoxy groups -OCH3 is 1. The highest BCUT2D eigenvalue weighted by atomic mass is 16.7. The quantitative estimate of drug-likeness (QED) is 0.479. The first kappa shape index (κ1) is 20.8. The van der Waals surface area contributed by atoms with Crippen molar-refractivity contribution in [1.82, 2.24) is 0 Å². The van der Waals surface area contributed by atoms with E-state index in [-0.39, 0.29) is 6.61 Å². The zero-order chi connectivity index (χ0) is 16.9. The molecule has 1 rings (SSSR count). The minimum absolute atomic E-state index is 0.167. The maximum absolute atomic E-state index is 10.0. The van der Waals surface area contributed by atoms with Gasteiger partial charge >= 0.3 is 0 Å². The van der Waals surface area contributed by atoms with Crippen LogP contribution in [-0.2, 0) is 14.2 Å². The van der Waals surface area contributed by atoms with Crippen molar-refractivity contribution in [2.45, 2.75) is 95.7 Å². The average Bonchev–Trinajstić information content (AvgIpc) is 2.88. The molecule has 0 aliphatic carbocycles. The van der Waals surface area contributed by atoms with Crippen molar-refractivity contribution in [3.63, 3.8) is 0 Å². The first-order valence-electron chi connectivity index (χ1n) is 9.33. The van der Waals surface area contributed by atoms with Gasteiger partial charge in [0.25, 0.3) is 0 Å². The highest BCUT2D eigenvalue weighted by Gasteiger charge is 2.44. The second-order valence-electron chi connectivity index (χ2n) is 6.47. The van der Waals surface area contributed by atoms with Crippen LogP contribution in [0.4, 0.5) is 0 Å². The lowest BCUT2D eigenvalue weighted by atomic mass is 10.1. The fraction of sp³-hybridized carbons (Fsp3) is 1.00. The van der Waals surface area contributed by atoms with E-state index in [1.165, 1.54) is 58.5 Å². The highest BCUT2D eigenvalue weighted by Crippen LogP contribution is 2.24. The van der Waals surface area contributed by atoms with Crippen LogP contribution in [0.3, 0.4) is 0 Å². The Labute approximate surface area is 141 Å². The summed E-state index contributed by atoms with van der Waals surface area (Å²) in [6.45, 7) is 2.67. The zero-order valence-corrected chi connectivity index (χ0v) is 14.9. The van der Waals surface area contributed by atoms with Crippen LogP contribution in [0.25, 0.3) is 0 Å². The van der Waals surface area contributed by atoms with Gasteiger partial charge in [-0.25, -0.2) is 0 Å². The molecular weight excluding hydrogens is 296 g/mol. The predicted octanol–water partition coefficient (Wildman–Crippen LogP) is 3.02. The number of hydrogen-bond acceptors (Lipinski definition) is 5. The number of rotatable bonds is 14. The molecule has 1 fully saturated rings. The maximum Gasteiger partial charge on any atom is 0.186 e. The number of ether oxygens (including phenoxy) is 3. The third kappa shape index (κ3) is 7.94. The Hall–Kier alpha value is -0.200.